The lowest BCUT2D eigenvalue weighted by molar-refractivity contribution is -0.142. The molecule has 0 saturated carbocycles. The van der Waals surface area contributed by atoms with Gasteiger partial charge in [0.05, 0.1) is 12.4 Å². The van der Waals surface area contributed by atoms with Crippen LogP contribution in [0.25, 0.3) is 21.8 Å². The second-order valence-electron chi connectivity index (χ2n) is 22.2. The summed E-state index contributed by atoms with van der Waals surface area (Å²) in [6.07, 6.45) is 9.35. The molecular formula is C58H86N14O9. The molecule has 0 saturated heterocycles. The molecule has 0 spiro atoms. The van der Waals surface area contributed by atoms with E-state index in [1.54, 1.807) is 12.4 Å². The Kier molecular flexibility index (Phi) is 25.3. The van der Waals surface area contributed by atoms with Gasteiger partial charge in [0.1, 0.15) is 42.3 Å². The van der Waals surface area contributed by atoms with Crippen LogP contribution >= 0.6 is 0 Å². The number of carboxylic acids is 1. The molecule has 2 aromatic carbocycles. The van der Waals surface area contributed by atoms with Crippen molar-refractivity contribution in [1.29, 1.82) is 0 Å². The molecule has 5 aromatic rings. The highest BCUT2D eigenvalue weighted by Crippen LogP contribution is 2.22. The SMILES string of the molecule is CC(C)C[C@H](NC(=O)[C@H](Cc1c[nH]c2ccccc12)NC(=O)[C@H](CC(C)C)NC(=O)[C@H](Cc1c[nH]c2ccccc12)NC(=O)[C@H](CC(C)C)NC(=O)[C@H](CCCCN)NC(=O)[C@H](Cc1cnc[nH]1)NC(=O)[C@@H](N)CCCCN)C(=O)O. The summed E-state index contributed by atoms with van der Waals surface area (Å²) in [6, 6.07) is 5.22. The third-order valence-electron chi connectivity index (χ3n) is 14.0. The molecule has 81 heavy (non-hydrogen) atoms. The second kappa shape index (κ2) is 32.0. The van der Waals surface area contributed by atoms with Gasteiger partial charge in [-0.2, -0.15) is 0 Å². The van der Waals surface area contributed by atoms with Crippen molar-refractivity contribution in [2.45, 2.75) is 167 Å². The van der Waals surface area contributed by atoms with Gasteiger partial charge in [0.2, 0.25) is 41.4 Å². The number of aromatic amines is 3. The van der Waals surface area contributed by atoms with E-state index in [-0.39, 0.29) is 62.7 Å². The zero-order valence-corrected chi connectivity index (χ0v) is 47.6. The van der Waals surface area contributed by atoms with E-state index >= 15 is 0 Å². The van der Waals surface area contributed by atoms with Gasteiger partial charge in [-0.15, -0.1) is 0 Å². The zero-order valence-electron chi connectivity index (χ0n) is 47.6. The highest BCUT2D eigenvalue weighted by atomic mass is 16.4. The van der Waals surface area contributed by atoms with Crippen LogP contribution in [0.1, 0.15) is 116 Å². The van der Waals surface area contributed by atoms with Crippen molar-refractivity contribution < 1.29 is 43.5 Å². The van der Waals surface area contributed by atoms with Crippen molar-refractivity contribution in [2.24, 2.45) is 35.0 Å². The van der Waals surface area contributed by atoms with E-state index < -0.39 is 95.7 Å². The standard InChI is InChI=1S/C58H86N14O9/c1-33(2)23-45(68-52(74)44(20-12-14-22-60)66-57(79)49(28-38-31-62-32-65-38)67-51(73)41(61)17-11-13-21-59)53(75)70-47(26-36-29-63-42-18-9-7-15-39(36)42)55(77)69-46(24-34(3)4)54(76)71-48(56(78)72-50(58(80)81)25-35(5)6)27-37-30-64-43-19-10-8-16-40(37)43/h7-10,15-16,18-19,29-35,41,44-50,63-64H,11-14,17,20-28,59-61H2,1-6H3,(H,62,65)(H,66,79)(H,67,73)(H,68,74)(H,69,77)(H,70,75)(H,71,76)(H,72,78)(H,80,81)/t41-,44-,45-,46-,47-,48-,49-,50-/m0/s1. The molecule has 0 unspecified atom stereocenters. The van der Waals surface area contributed by atoms with Crippen LogP contribution in [0.4, 0.5) is 0 Å². The third kappa shape index (κ3) is 20.1. The highest BCUT2D eigenvalue weighted by Gasteiger charge is 2.36. The van der Waals surface area contributed by atoms with E-state index in [4.69, 9.17) is 17.2 Å². The van der Waals surface area contributed by atoms with Crippen molar-refractivity contribution in [2.75, 3.05) is 13.1 Å². The van der Waals surface area contributed by atoms with E-state index in [2.05, 4.69) is 57.2 Å². The van der Waals surface area contributed by atoms with Gasteiger partial charge in [-0.3, -0.25) is 33.6 Å². The number of hydrogen-bond donors (Lipinski definition) is 14. The minimum absolute atomic E-state index is 0.00520. The van der Waals surface area contributed by atoms with Crippen molar-refractivity contribution in [3.63, 3.8) is 0 Å². The minimum Gasteiger partial charge on any atom is -0.480 e. The maximum Gasteiger partial charge on any atom is 0.326 e. The number of nitrogens with one attached hydrogen (secondary N) is 10. The maximum absolute atomic E-state index is 14.9. The fourth-order valence-corrected chi connectivity index (χ4v) is 9.70. The number of carbonyl (C=O) groups is 8. The molecule has 8 atom stereocenters. The summed E-state index contributed by atoms with van der Waals surface area (Å²) >= 11 is 0. The summed E-state index contributed by atoms with van der Waals surface area (Å²) in [5, 5.41) is 31.3. The van der Waals surface area contributed by atoms with E-state index in [9.17, 15) is 43.5 Å². The van der Waals surface area contributed by atoms with Crippen LogP contribution in [0.15, 0.2) is 73.4 Å². The number of amides is 7. The van der Waals surface area contributed by atoms with E-state index in [1.165, 1.54) is 12.5 Å². The predicted octanol–water partition coefficient (Wildman–Crippen LogP) is 2.60. The number of carbonyl (C=O) groups excluding carboxylic acids is 7. The number of hydrogen-bond acceptors (Lipinski definition) is 12. The van der Waals surface area contributed by atoms with E-state index in [0.29, 0.717) is 62.0 Å². The lowest BCUT2D eigenvalue weighted by atomic mass is 9.98. The number of H-pyrrole nitrogens is 3. The Morgan fingerprint density at radius 3 is 1.31 bits per heavy atom. The summed E-state index contributed by atoms with van der Waals surface area (Å²) in [6.45, 7) is 11.9. The Labute approximate surface area is 473 Å². The van der Waals surface area contributed by atoms with Crippen molar-refractivity contribution in [1.82, 2.24) is 57.2 Å². The molecule has 17 N–H and O–H groups in total. The van der Waals surface area contributed by atoms with Crippen LogP contribution in [0.5, 0.6) is 0 Å². The highest BCUT2D eigenvalue weighted by molar-refractivity contribution is 5.98. The Balaban J connectivity index is 1.43. The van der Waals surface area contributed by atoms with Crippen LogP contribution < -0.4 is 54.4 Å². The monoisotopic (exact) mass is 1120 g/mol. The van der Waals surface area contributed by atoms with Gasteiger partial charge in [-0.05, 0) is 105 Å². The Bertz CT molecular complexity index is 2850. The molecule has 5 rings (SSSR count). The van der Waals surface area contributed by atoms with Crippen molar-refractivity contribution in [3.8, 4) is 0 Å². The topological polar surface area (TPSA) is 379 Å². The smallest absolute Gasteiger partial charge is 0.326 e. The number of nitrogens with two attached hydrogens (primary N) is 3. The summed E-state index contributed by atoms with van der Waals surface area (Å²) in [7, 11) is 0. The molecule has 23 heteroatoms. The maximum atomic E-state index is 14.9. The van der Waals surface area contributed by atoms with Crippen LogP contribution in [0.3, 0.4) is 0 Å². The summed E-state index contributed by atoms with van der Waals surface area (Å²) < 4.78 is 0. The summed E-state index contributed by atoms with van der Waals surface area (Å²) in [5.41, 5.74) is 21.1. The lowest BCUT2D eigenvalue weighted by Gasteiger charge is -2.29. The number of carboxylic acid groups (broad SMARTS) is 1. The molecule has 23 nitrogen and oxygen atoms in total. The number of aromatic nitrogens is 4. The second-order valence-corrected chi connectivity index (χ2v) is 22.2. The summed E-state index contributed by atoms with van der Waals surface area (Å²) in [4.78, 5) is 126. The molecular weight excluding hydrogens is 1040 g/mol. The Morgan fingerprint density at radius 2 is 0.864 bits per heavy atom. The number of nitrogens with zero attached hydrogens (tertiary/aromatic N) is 1. The summed E-state index contributed by atoms with van der Waals surface area (Å²) in [5.74, 6) is -6.47. The van der Waals surface area contributed by atoms with Gasteiger partial charge in [-0.25, -0.2) is 9.78 Å². The van der Waals surface area contributed by atoms with E-state index in [0.717, 1.165) is 21.8 Å². The molecule has 0 radical (unpaired) electrons. The van der Waals surface area contributed by atoms with Gasteiger partial charge in [0, 0.05) is 65.4 Å². The number of imidazole rings is 1. The Hall–Kier alpha value is -7.63. The number of aliphatic carboxylic acids is 1. The predicted molar refractivity (Wildman–Crippen MR) is 310 cm³/mol. The van der Waals surface area contributed by atoms with Gasteiger partial charge in [-0.1, -0.05) is 84.4 Å². The molecule has 442 valence electrons. The number of fused-ring (bicyclic) bond motifs is 2. The first-order valence-corrected chi connectivity index (χ1v) is 28.3. The number of para-hydroxylation sites is 2. The van der Waals surface area contributed by atoms with Crippen LogP contribution in [-0.2, 0) is 57.6 Å². The third-order valence-corrected chi connectivity index (χ3v) is 14.0. The fourth-order valence-electron chi connectivity index (χ4n) is 9.70. The number of unbranched alkanes of at least 4 members (excludes halogenated alkanes) is 2. The molecule has 0 aliphatic heterocycles. The molecule has 3 heterocycles. The minimum atomic E-state index is -1.34. The molecule has 0 bridgehead atoms. The molecule has 0 fully saturated rings. The van der Waals surface area contributed by atoms with Crippen LogP contribution in [0, 0.1) is 17.8 Å². The zero-order chi connectivity index (χ0) is 59.2. The molecule has 3 aromatic heterocycles. The quantitative estimate of drug-likeness (QED) is 0.0260. The number of benzene rings is 2. The van der Waals surface area contributed by atoms with E-state index in [1.807, 2.05) is 90.1 Å². The normalized spacial score (nSPS) is 14.6. The fraction of sp³-hybridized carbons (Fsp3) is 0.534. The molecule has 0 aliphatic rings. The molecule has 0 aliphatic carbocycles. The van der Waals surface area contributed by atoms with Crippen LogP contribution in [-0.4, -0.2) is 134 Å². The first-order valence-electron chi connectivity index (χ1n) is 28.3. The van der Waals surface area contributed by atoms with Crippen molar-refractivity contribution >= 4 is 69.1 Å². The van der Waals surface area contributed by atoms with Gasteiger partial charge >= 0.3 is 5.97 Å². The first kappa shape index (κ1) is 64.2. The lowest BCUT2D eigenvalue weighted by Crippen LogP contribution is -2.61. The largest absolute Gasteiger partial charge is 0.480 e. The molecule has 7 amide bonds. The van der Waals surface area contributed by atoms with Gasteiger partial charge in [0.15, 0.2) is 0 Å². The average Bonchev–Trinajstić information content (AvgIpc) is 4.27. The Morgan fingerprint density at radius 1 is 0.481 bits per heavy atom. The first-order chi connectivity index (χ1) is 38.7. The number of rotatable bonds is 35. The van der Waals surface area contributed by atoms with Gasteiger partial charge < -0.3 is 74.5 Å². The average molecular weight is 1120 g/mol. The van der Waals surface area contributed by atoms with Gasteiger partial charge in [0.25, 0.3) is 0 Å². The van der Waals surface area contributed by atoms with Crippen LogP contribution in [0.2, 0.25) is 0 Å². The van der Waals surface area contributed by atoms with Crippen molar-refractivity contribution in [3.05, 3.63) is 90.3 Å².